The number of hydrogen-bond donors (Lipinski definition) is 1. The van der Waals surface area contributed by atoms with Crippen LogP contribution in [-0.2, 0) is 20.0 Å². The summed E-state index contributed by atoms with van der Waals surface area (Å²) in [5, 5.41) is 4.42. The Balaban J connectivity index is 2.45. The summed E-state index contributed by atoms with van der Waals surface area (Å²) in [6.07, 6.45) is 2.53. The van der Waals surface area contributed by atoms with Crippen LogP contribution in [0.25, 0.3) is 0 Å². The molecule has 0 atom stereocenters. The molecule has 2 heterocycles. The number of anilines is 1. The number of aryl methyl sites for hydroxylation is 3. The minimum absolute atomic E-state index is 0.0575. The molecule has 0 aliphatic carbocycles. The molecular weight excluding hydrogens is 308 g/mol. The summed E-state index contributed by atoms with van der Waals surface area (Å²) in [7, 11) is 1.88. The normalized spacial score (nSPS) is 10.9. The Morgan fingerprint density at radius 2 is 2.16 bits per heavy atom. The van der Waals surface area contributed by atoms with Crippen LogP contribution < -0.4 is 11.3 Å². The lowest BCUT2D eigenvalue weighted by Crippen LogP contribution is -2.22. The van der Waals surface area contributed by atoms with Gasteiger partial charge in [0.25, 0.3) is 5.56 Å². The van der Waals surface area contributed by atoms with Gasteiger partial charge in [0.2, 0.25) is 0 Å². The molecule has 2 aromatic rings. The Kier molecular flexibility index (Phi) is 3.80. The molecule has 0 saturated heterocycles. The van der Waals surface area contributed by atoms with E-state index in [2.05, 4.69) is 21.0 Å². The average molecular weight is 325 g/mol. The molecule has 0 aliphatic heterocycles. The van der Waals surface area contributed by atoms with Gasteiger partial charge in [-0.25, -0.2) is 0 Å². The van der Waals surface area contributed by atoms with Crippen molar-refractivity contribution in [3.8, 4) is 0 Å². The van der Waals surface area contributed by atoms with E-state index in [1.54, 1.807) is 21.5 Å². The molecular formula is C13H17BrN4O. The summed E-state index contributed by atoms with van der Waals surface area (Å²) in [6.45, 7) is 4.33. The van der Waals surface area contributed by atoms with Gasteiger partial charge in [-0.05, 0) is 34.8 Å². The van der Waals surface area contributed by atoms with Crippen molar-refractivity contribution in [3.63, 3.8) is 0 Å². The molecule has 0 fully saturated rings. The lowest BCUT2D eigenvalue weighted by Gasteiger charge is -2.09. The lowest BCUT2D eigenvalue weighted by atomic mass is 10.2. The third-order valence-electron chi connectivity index (χ3n) is 3.20. The van der Waals surface area contributed by atoms with Gasteiger partial charge in [0.15, 0.2) is 0 Å². The van der Waals surface area contributed by atoms with Crippen molar-refractivity contribution in [1.29, 1.82) is 0 Å². The summed E-state index contributed by atoms with van der Waals surface area (Å²) in [5.74, 6) is 0. The van der Waals surface area contributed by atoms with Crippen molar-refractivity contribution in [2.45, 2.75) is 26.8 Å². The van der Waals surface area contributed by atoms with Crippen LogP contribution >= 0.6 is 15.9 Å². The summed E-state index contributed by atoms with van der Waals surface area (Å²) < 4.78 is 4.36. The van der Waals surface area contributed by atoms with Crippen LogP contribution in [0.2, 0.25) is 0 Å². The van der Waals surface area contributed by atoms with Gasteiger partial charge in [-0.1, -0.05) is 6.92 Å². The monoisotopic (exact) mass is 324 g/mol. The van der Waals surface area contributed by atoms with Gasteiger partial charge in [0.05, 0.1) is 28.1 Å². The van der Waals surface area contributed by atoms with Gasteiger partial charge in [0, 0.05) is 19.3 Å². The molecule has 2 rings (SSSR count). The van der Waals surface area contributed by atoms with Crippen molar-refractivity contribution in [1.82, 2.24) is 14.3 Å². The maximum atomic E-state index is 12.0. The lowest BCUT2D eigenvalue weighted by molar-refractivity contribution is 0.648. The molecule has 5 nitrogen and oxygen atoms in total. The minimum atomic E-state index is -0.0575. The zero-order chi connectivity index (χ0) is 14.2. The van der Waals surface area contributed by atoms with Crippen molar-refractivity contribution < 1.29 is 0 Å². The second-order valence-corrected chi connectivity index (χ2v) is 5.36. The summed E-state index contributed by atoms with van der Waals surface area (Å²) in [4.78, 5) is 12.0. The number of rotatable bonds is 3. The zero-order valence-electron chi connectivity index (χ0n) is 11.3. The van der Waals surface area contributed by atoms with E-state index in [1.165, 1.54) is 0 Å². The standard InChI is InChI=1S/C13H17BrN4O/c1-4-10-13(14)11(17(3)16-10)7-18-6-9(15)8(2)5-12(18)19/h5-6H,4,7,15H2,1-3H3. The van der Waals surface area contributed by atoms with Gasteiger partial charge in [0.1, 0.15) is 0 Å². The zero-order valence-corrected chi connectivity index (χ0v) is 12.9. The highest BCUT2D eigenvalue weighted by Gasteiger charge is 2.13. The van der Waals surface area contributed by atoms with Gasteiger partial charge >= 0.3 is 0 Å². The minimum Gasteiger partial charge on any atom is -0.397 e. The summed E-state index contributed by atoms with van der Waals surface area (Å²) >= 11 is 3.55. The van der Waals surface area contributed by atoms with Crippen molar-refractivity contribution in [3.05, 3.63) is 44.0 Å². The quantitative estimate of drug-likeness (QED) is 0.936. The molecule has 0 saturated carbocycles. The molecule has 2 aromatic heterocycles. The second kappa shape index (κ2) is 5.21. The predicted octanol–water partition coefficient (Wildman–Crippen LogP) is 1.85. The van der Waals surface area contributed by atoms with Crippen LogP contribution in [0, 0.1) is 6.92 Å². The van der Waals surface area contributed by atoms with E-state index in [1.807, 2.05) is 20.9 Å². The average Bonchev–Trinajstić information content (AvgIpc) is 2.63. The number of halogens is 1. The number of hydrogen-bond acceptors (Lipinski definition) is 3. The van der Waals surface area contributed by atoms with Gasteiger partial charge < -0.3 is 10.3 Å². The van der Waals surface area contributed by atoms with E-state index in [4.69, 9.17) is 5.73 Å². The van der Waals surface area contributed by atoms with Crippen molar-refractivity contribution >= 4 is 21.6 Å². The van der Waals surface area contributed by atoms with E-state index in [0.717, 1.165) is 27.8 Å². The maximum Gasteiger partial charge on any atom is 0.251 e. The van der Waals surface area contributed by atoms with Gasteiger partial charge in [-0.3, -0.25) is 9.48 Å². The first-order valence-corrected chi connectivity index (χ1v) is 6.90. The fraction of sp³-hybridized carbons (Fsp3) is 0.385. The number of nitrogen functional groups attached to an aromatic ring is 1. The van der Waals surface area contributed by atoms with E-state index >= 15 is 0 Å². The largest absolute Gasteiger partial charge is 0.397 e. The Bertz CT molecular complexity index is 672. The third-order valence-corrected chi connectivity index (χ3v) is 4.11. The van der Waals surface area contributed by atoms with E-state index in [9.17, 15) is 4.79 Å². The van der Waals surface area contributed by atoms with Crippen LogP contribution in [0.5, 0.6) is 0 Å². The van der Waals surface area contributed by atoms with Crippen LogP contribution in [-0.4, -0.2) is 14.3 Å². The topological polar surface area (TPSA) is 65.8 Å². The summed E-state index contributed by atoms with van der Waals surface area (Å²) in [5.41, 5.74) is 9.18. The molecule has 0 bridgehead atoms. The number of aromatic nitrogens is 3. The van der Waals surface area contributed by atoms with Crippen molar-refractivity contribution in [2.24, 2.45) is 7.05 Å². The van der Waals surface area contributed by atoms with Crippen LogP contribution in [0.4, 0.5) is 5.69 Å². The molecule has 0 aromatic carbocycles. The maximum absolute atomic E-state index is 12.0. The third kappa shape index (κ3) is 2.58. The van der Waals surface area contributed by atoms with Crippen LogP contribution in [0.3, 0.4) is 0 Å². The fourth-order valence-electron chi connectivity index (χ4n) is 1.96. The summed E-state index contributed by atoms with van der Waals surface area (Å²) in [6, 6.07) is 1.56. The number of pyridine rings is 1. The molecule has 0 radical (unpaired) electrons. The Hall–Kier alpha value is -1.56. The Morgan fingerprint density at radius 1 is 1.47 bits per heavy atom. The highest BCUT2D eigenvalue weighted by atomic mass is 79.9. The molecule has 0 amide bonds. The molecule has 0 unspecified atom stereocenters. The smallest absolute Gasteiger partial charge is 0.251 e. The first kappa shape index (κ1) is 13.9. The highest BCUT2D eigenvalue weighted by Crippen LogP contribution is 2.22. The first-order valence-electron chi connectivity index (χ1n) is 6.10. The molecule has 102 valence electrons. The van der Waals surface area contributed by atoms with E-state index < -0.39 is 0 Å². The molecule has 19 heavy (non-hydrogen) atoms. The predicted molar refractivity (Wildman–Crippen MR) is 79.2 cm³/mol. The molecule has 6 heteroatoms. The fourth-order valence-corrected chi connectivity index (χ4v) is 2.70. The number of nitrogens with zero attached hydrogens (tertiary/aromatic N) is 3. The molecule has 0 spiro atoms. The Morgan fingerprint density at radius 3 is 2.74 bits per heavy atom. The van der Waals surface area contributed by atoms with Crippen molar-refractivity contribution in [2.75, 3.05) is 5.73 Å². The second-order valence-electron chi connectivity index (χ2n) is 4.56. The molecule has 0 aliphatic rings. The van der Waals surface area contributed by atoms with E-state index in [0.29, 0.717) is 12.2 Å². The van der Waals surface area contributed by atoms with E-state index in [-0.39, 0.29) is 5.56 Å². The van der Waals surface area contributed by atoms with Gasteiger partial charge in [-0.2, -0.15) is 5.10 Å². The first-order chi connectivity index (χ1) is 8.93. The van der Waals surface area contributed by atoms with Crippen LogP contribution in [0.15, 0.2) is 21.5 Å². The highest BCUT2D eigenvalue weighted by molar-refractivity contribution is 9.10. The Labute approximate surface area is 120 Å². The van der Waals surface area contributed by atoms with Gasteiger partial charge in [-0.15, -0.1) is 0 Å². The SMILES string of the molecule is CCc1nn(C)c(Cn2cc(N)c(C)cc2=O)c1Br. The van der Waals surface area contributed by atoms with Crippen LogP contribution in [0.1, 0.15) is 23.9 Å². The molecule has 2 N–H and O–H groups in total. The number of nitrogens with two attached hydrogens (primary N) is 1.